The van der Waals surface area contributed by atoms with Crippen LogP contribution < -0.4 is 5.73 Å². The Morgan fingerprint density at radius 1 is 1.53 bits per heavy atom. The van der Waals surface area contributed by atoms with Gasteiger partial charge < -0.3 is 15.2 Å². The van der Waals surface area contributed by atoms with Crippen molar-refractivity contribution in [1.82, 2.24) is 0 Å². The van der Waals surface area contributed by atoms with Gasteiger partial charge in [0.2, 0.25) is 0 Å². The highest BCUT2D eigenvalue weighted by molar-refractivity contribution is 7.32. The van der Waals surface area contributed by atoms with Gasteiger partial charge in [-0.25, -0.2) is 0 Å². The number of nitrogens with zero attached hydrogens (tertiary/aromatic N) is 1. The van der Waals surface area contributed by atoms with E-state index in [1.54, 1.807) is 24.3 Å². The molecule has 0 saturated heterocycles. The summed E-state index contributed by atoms with van der Waals surface area (Å²) < 4.78 is 16.0. The zero-order valence-electron chi connectivity index (χ0n) is 11.1. The first-order valence-corrected chi connectivity index (χ1v) is 7.44. The minimum atomic E-state index is -3.08. The van der Waals surface area contributed by atoms with E-state index in [9.17, 15) is 4.57 Å². The topological polar surface area (TPSA) is 96.3 Å². The van der Waals surface area contributed by atoms with E-state index in [-0.39, 0.29) is 0 Å². The summed E-state index contributed by atoms with van der Waals surface area (Å²) in [5.74, 6) is 0. The van der Waals surface area contributed by atoms with Crippen molar-refractivity contribution >= 4 is 8.25 Å². The van der Waals surface area contributed by atoms with Crippen molar-refractivity contribution in [3.63, 3.8) is 0 Å². The van der Waals surface area contributed by atoms with E-state index < -0.39 is 19.9 Å². The van der Waals surface area contributed by atoms with Crippen LogP contribution in [0.1, 0.15) is 37.8 Å². The van der Waals surface area contributed by atoms with Crippen LogP contribution >= 0.6 is 8.25 Å². The second-order valence-electron chi connectivity index (χ2n) is 4.33. The molecule has 0 saturated carbocycles. The van der Waals surface area contributed by atoms with E-state index >= 15 is 0 Å². The van der Waals surface area contributed by atoms with Crippen molar-refractivity contribution in [2.24, 2.45) is 5.73 Å². The number of rotatable bonds is 6. The maximum Gasteiger partial charge on any atom is 0.316 e. The highest BCUT2D eigenvalue weighted by Gasteiger charge is 2.37. The molecule has 0 aliphatic heterocycles. The van der Waals surface area contributed by atoms with E-state index in [0.717, 1.165) is 0 Å². The van der Waals surface area contributed by atoms with Crippen LogP contribution in [0, 0.1) is 11.3 Å². The summed E-state index contributed by atoms with van der Waals surface area (Å²) in [6.07, 6.45) is 0.379. The SMILES string of the molecule is CCC(O[PH](=O)O)C(N)(CC)c1ccccc1C#N. The van der Waals surface area contributed by atoms with Crippen LogP contribution in [0.15, 0.2) is 24.3 Å². The predicted molar refractivity (Wildman–Crippen MR) is 73.7 cm³/mol. The molecule has 1 aromatic rings. The standard InChI is InChI=1S/C13H19N2O3P/c1-3-12(18-19(16)17)13(15,4-2)11-8-6-5-7-10(11)9-14/h5-8,12,19H,3-4,15H2,1-2H3,(H,16,17). The number of benzene rings is 1. The summed E-state index contributed by atoms with van der Waals surface area (Å²) in [6.45, 7) is 3.70. The zero-order valence-corrected chi connectivity index (χ0v) is 12.1. The average Bonchev–Trinajstić information content (AvgIpc) is 2.43. The first kappa shape index (κ1) is 15.9. The number of hydrogen-bond donors (Lipinski definition) is 2. The van der Waals surface area contributed by atoms with E-state index in [2.05, 4.69) is 6.07 Å². The zero-order chi connectivity index (χ0) is 14.5. The van der Waals surface area contributed by atoms with Crippen LogP contribution in [0.25, 0.3) is 0 Å². The highest BCUT2D eigenvalue weighted by atomic mass is 31.1. The second-order valence-corrected chi connectivity index (χ2v) is 5.10. The van der Waals surface area contributed by atoms with Crippen molar-refractivity contribution in [3.8, 4) is 6.07 Å². The van der Waals surface area contributed by atoms with Crippen LogP contribution in [0.2, 0.25) is 0 Å². The van der Waals surface area contributed by atoms with Crippen LogP contribution in [-0.4, -0.2) is 11.0 Å². The minimum Gasteiger partial charge on any atom is -0.326 e. The Balaban J connectivity index is 3.29. The molecular weight excluding hydrogens is 263 g/mol. The van der Waals surface area contributed by atoms with Gasteiger partial charge in [0.15, 0.2) is 0 Å². The van der Waals surface area contributed by atoms with Gasteiger partial charge in [0.05, 0.1) is 23.3 Å². The highest BCUT2D eigenvalue weighted by Crippen LogP contribution is 2.36. The lowest BCUT2D eigenvalue weighted by molar-refractivity contribution is 0.0947. The van der Waals surface area contributed by atoms with Crippen molar-refractivity contribution in [3.05, 3.63) is 35.4 Å². The molecule has 3 unspecified atom stereocenters. The van der Waals surface area contributed by atoms with Crippen LogP contribution in [-0.2, 0) is 14.6 Å². The summed E-state index contributed by atoms with van der Waals surface area (Å²) in [6, 6.07) is 9.10. The van der Waals surface area contributed by atoms with E-state index in [4.69, 9.17) is 20.4 Å². The molecule has 0 aliphatic rings. The molecule has 0 fully saturated rings. The van der Waals surface area contributed by atoms with Crippen molar-refractivity contribution in [2.45, 2.75) is 38.3 Å². The summed E-state index contributed by atoms with van der Waals surface area (Å²) in [5.41, 5.74) is 6.55. The maximum atomic E-state index is 11.0. The normalized spacial score (nSPS) is 17.2. The fourth-order valence-electron chi connectivity index (χ4n) is 2.25. The first-order chi connectivity index (χ1) is 8.99. The quantitative estimate of drug-likeness (QED) is 0.780. The molecule has 0 radical (unpaired) electrons. The third kappa shape index (κ3) is 3.43. The molecule has 0 amide bonds. The molecule has 5 nitrogen and oxygen atoms in total. The van der Waals surface area contributed by atoms with Gasteiger partial charge in [-0.1, -0.05) is 32.0 Å². The molecule has 1 rings (SSSR count). The monoisotopic (exact) mass is 282 g/mol. The lowest BCUT2D eigenvalue weighted by Crippen LogP contribution is -2.48. The van der Waals surface area contributed by atoms with Crippen LogP contribution in [0.4, 0.5) is 0 Å². The Bertz CT molecular complexity index is 501. The van der Waals surface area contributed by atoms with Gasteiger partial charge in [-0.2, -0.15) is 5.26 Å². The number of nitrogens with two attached hydrogens (primary N) is 1. The Labute approximate surface area is 114 Å². The van der Waals surface area contributed by atoms with Gasteiger partial charge in [0, 0.05) is 0 Å². The molecule has 3 atom stereocenters. The van der Waals surface area contributed by atoms with E-state index in [0.29, 0.717) is 24.0 Å². The van der Waals surface area contributed by atoms with Gasteiger partial charge in [-0.05, 0) is 24.5 Å². The Hall–Kier alpha value is -1.18. The van der Waals surface area contributed by atoms with Gasteiger partial charge in [0.1, 0.15) is 0 Å². The molecule has 0 bridgehead atoms. The Morgan fingerprint density at radius 3 is 2.63 bits per heavy atom. The fraction of sp³-hybridized carbons (Fsp3) is 0.462. The summed E-state index contributed by atoms with van der Waals surface area (Å²) in [5, 5.41) is 9.16. The molecule has 6 heteroatoms. The maximum absolute atomic E-state index is 11.0. The van der Waals surface area contributed by atoms with Crippen molar-refractivity contribution < 1.29 is 14.0 Å². The molecule has 0 heterocycles. The smallest absolute Gasteiger partial charge is 0.316 e. The third-order valence-electron chi connectivity index (χ3n) is 3.32. The molecule has 1 aromatic carbocycles. The van der Waals surface area contributed by atoms with Gasteiger partial charge >= 0.3 is 8.25 Å². The second kappa shape index (κ2) is 6.83. The van der Waals surface area contributed by atoms with E-state index in [1.807, 2.05) is 13.8 Å². The van der Waals surface area contributed by atoms with Gasteiger partial charge in [-0.3, -0.25) is 4.57 Å². The molecular formula is C13H19N2O3P. The van der Waals surface area contributed by atoms with Crippen LogP contribution in [0.5, 0.6) is 0 Å². The van der Waals surface area contributed by atoms with Crippen LogP contribution in [0.3, 0.4) is 0 Å². The minimum absolute atomic E-state index is 0.464. The van der Waals surface area contributed by atoms with Crippen molar-refractivity contribution in [1.29, 1.82) is 5.26 Å². The van der Waals surface area contributed by atoms with E-state index in [1.165, 1.54) is 0 Å². The van der Waals surface area contributed by atoms with Gasteiger partial charge in [0.25, 0.3) is 0 Å². The average molecular weight is 282 g/mol. The number of nitriles is 1. The fourth-order valence-corrected chi connectivity index (χ4v) is 2.87. The van der Waals surface area contributed by atoms with Crippen molar-refractivity contribution in [2.75, 3.05) is 0 Å². The summed E-state index contributed by atoms with van der Waals surface area (Å²) >= 11 is 0. The molecule has 0 aliphatic carbocycles. The molecule has 104 valence electrons. The largest absolute Gasteiger partial charge is 0.326 e. The lowest BCUT2D eigenvalue weighted by Gasteiger charge is -2.36. The number of hydrogen-bond acceptors (Lipinski definition) is 4. The predicted octanol–water partition coefficient (Wildman–Crippen LogP) is 2.30. The summed E-state index contributed by atoms with van der Waals surface area (Å²) in [7, 11) is -3.08. The van der Waals surface area contributed by atoms with Gasteiger partial charge in [-0.15, -0.1) is 0 Å². The molecule has 19 heavy (non-hydrogen) atoms. The molecule has 0 aromatic heterocycles. The summed E-state index contributed by atoms with van der Waals surface area (Å²) in [4.78, 5) is 8.99. The Morgan fingerprint density at radius 2 is 2.16 bits per heavy atom. The Kier molecular flexibility index (Phi) is 5.71. The lowest BCUT2D eigenvalue weighted by atomic mass is 9.80. The molecule has 3 N–H and O–H groups in total. The third-order valence-corrected chi connectivity index (χ3v) is 3.81. The molecule has 0 spiro atoms. The first-order valence-electron chi connectivity index (χ1n) is 6.17.